The molecule has 0 atom stereocenters. The van der Waals surface area contributed by atoms with E-state index in [2.05, 4.69) is 26.5 Å². The Hall–Kier alpha value is -2.21. The number of nitrogens with zero attached hydrogens (tertiary/aromatic N) is 1. The molecule has 5 nitrogen and oxygen atoms in total. The van der Waals surface area contributed by atoms with Crippen LogP contribution < -0.4 is 19.6 Å². The SMILES string of the molecule is COc1ccc(N/N=C/c2cc(Br)cc(OC)c2OC)cc1. The van der Waals surface area contributed by atoms with Gasteiger partial charge in [0, 0.05) is 10.0 Å². The molecule has 1 N–H and O–H groups in total. The quantitative estimate of drug-likeness (QED) is 0.623. The Labute approximate surface area is 138 Å². The molecule has 0 unspecified atom stereocenters. The number of ether oxygens (including phenoxy) is 3. The Morgan fingerprint density at radius 1 is 1.00 bits per heavy atom. The number of hydrogen-bond acceptors (Lipinski definition) is 5. The highest BCUT2D eigenvalue weighted by Crippen LogP contribution is 2.33. The predicted octanol–water partition coefficient (Wildman–Crippen LogP) is 3.92. The summed E-state index contributed by atoms with van der Waals surface area (Å²) in [5.74, 6) is 2.07. The molecule has 2 aromatic carbocycles. The number of nitrogens with one attached hydrogen (secondary N) is 1. The van der Waals surface area contributed by atoms with E-state index in [-0.39, 0.29) is 0 Å². The highest BCUT2D eigenvalue weighted by atomic mass is 79.9. The second-order valence-electron chi connectivity index (χ2n) is 4.33. The number of benzene rings is 2. The average Bonchev–Trinajstić information content (AvgIpc) is 2.55. The molecule has 6 heteroatoms. The molecular formula is C16H17BrN2O3. The van der Waals surface area contributed by atoms with Crippen molar-refractivity contribution in [3.63, 3.8) is 0 Å². The fourth-order valence-corrected chi connectivity index (χ4v) is 2.35. The Bertz CT molecular complexity index is 657. The van der Waals surface area contributed by atoms with Gasteiger partial charge in [0.05, 0.1) is 33.2 Å². The van der Waals surface area contributed by atoms with E-state index in [9.17, 15) is 0 Å². The Morgan fingerprint density at radius 2 is 1.73 bits per heavy atom. The lowest BCUT2D eigenvalue weighted by atomic mass is 10.2. The highest BCUT2D eigenvalue weighted by molar-refractivity contribution is 9.10. The topological polar surface area (TPSA) is 52.1 Å². The van der Waals surface area contributed by atoms with Gasteiger partial charge in [0.1, 0.15) is 5.75 Å². The van der Waals surface area contributed by atoms with Gasteiger partial charge >= 0.3 is 0 Å². The minimum absolute atomic E-state index is 0.631. The number of anilines is 1. The molecule has 0 spiro atoms. The second kappa shape index (κ2) is 7.70. The Balaban J connectivity index is 2.16. The van der Waals surface area contributed by atoms with Gasteiger partial charge in [-0.3, -0.25) is 5.43 Å². The van der Waals surface area contributed by atoms with E-state index < -0.39 is 0 Å². The third-order valence-electron chi connectivity index (χ3n) is 2.96. The number of methoxy groups -OCH3 is 3. The van der Waals surface area contributed by atoms with E-state index in [0.29, 0.717) is 11.5 Å². The van der Waals surface area contributed by atoms with Crippen molar-refractivity contribution in [2.45, 2.75) is 0 Å². The minimum atomic E-state index is 0.631. The first kappa shape index (κ1) is 16.2. The molecule has 0 fully saturated rings. The van der Waals surface area contributed by atoms with Crippen molar-refractivity contribution in [1.29, 1.82) is 0 Å². The molecule has 2 aromatic rings. The zero-order chi connectivity index (χ0) is 15.9. The monoisotopic (exact) mass is 364 g/mol. The molecule has 0 amide bonds. The molecule has 0 radical (unpaired) electrons. The minimum Gasteiger partial charge on any atom is -0.497 e. The van der Waals surface area contributed by atoms with Crippen LogP contribution in [0.1, 0.15) is 5.56 Å². The van der Waals surface area contributed by atoms with Crippen LogP contribution in [0.25, 0.3) is 0 Å². The van der Waals surface area contributed by atoms with Crippen LogP contribution in [0.2, 0.25) is 0 Å². The number of hydrogen-bond donors (Lipinski definition) is 1. The van der Waals surface area contributed by atoms with Gasteiger partial charge in [-0.1, -0.05) is 15.9 Å². The van der Waals surface area contributed by atoms with E-state index in [0.717, 1.165) is 21.5 Å². The van der Waals surface area contributed by atoms with Gasteiger partial charge in [-0.15, -0.1) is 0 Å². The van der Waals surface area contributed by atoms with Crippen LogP contribution in [0, 0.1) is 0 Å². The smallest absolute Gasteiger partial charge is 0.169 e. The van der Waals surface area contributed by atoms with Crippen LogP contribution in [-0.4, -0.2) is 27.5 Å². The van der Waals surface area contributed by atoms with Crippen molar-refractivity contribution in [3.8, 4) is 17.2 Å². The molecule has 0 aliphatic rings. The normalized spacial score (nSPS) is 10.5. The zero-order valence-corrected chi connectivity index (χ0v) is 14.2. The molecule has 22 heavy (non-hydrogen) atoms. The van der Waals surface area contributed by atoms with E-state index in [1.165, 1.54) is 0 Å². The van der Waals surface area contributed by atoms with E-state index >= 15 is 0 Å². The summed E-state index contributed by atoms with van der Waals surface area (Å²) in [4.78, 5) is 0. The average molecular weight is 365 g/mol. The van der Waals surface area contributed by atoms with Crippen molar-refractivity contribution in [2.24, 2.45) is 5.10 Å². The molecule has 2 rings (SSSR count). The largest absolute Gasteiger partial charge is 0.497 e. The summed E-state index contributed by atoms with van der Waals surface area (Å²) >= 11 is 3.44. The van der Waals surface area contributed by atoms with Crippen molar-refractivity contribution in [3.05, 3.63) is 46.4 Å². The van der Waals surface area contributed by atoms with Crippen LogP contribution in [-0.2, 0) is 0 Å². The maximum absolute atomic E-state index is 5.37. The summed E-state index contributed by atoms with van der Waals surface area (Å²) in [6, 6.07) is 11.2. The van der Waals surface area contributed by atoms with E-state index in [4.69, 9.17) is 14.2 Å². The van der Waals surface area contributed by atoms with Gasteiger partial charge in [0.25, 0.3) is 0 Å². The third-order valence-corrected chi connectivity index (χ3v) is 3.42. The molecule has 0 heterocycles. The lowest BCUT2D eigenvalue weighted by molar-refractivity contribution is 0.354. The van der Waals surface area contributed by atoms with Gasteiger partial charge in [-0.25, -0.2) is 0 Å². The van der Waals surface area contributed by atoms with Crippen LogP contribution in [0.15, 0.2) is 46.0 Å². The molecule has 0 bridgehead atoms. The molecule has 0 aliphatic carbocycles. The highest BCUT2D eigenvalue weighted by Gasteiger charge is 2.10. The van der Waals surface area contributed by atoms with E-state index in [1.807, 2.05) is 36.4 Å². The van der Waals surface area contributed by atoms with Crippen LogP contribution in [0.5, 0.6) is 17.2 Å². The summed E-state index contributed by atoms with van der Waals surface area (Å²) in [7, 11) is 4.83. The zero-order valence-electron chi connectivity index (χ0n) is 12.6. The fraction of sp³-hybridized carbons (Fsp3) is 0.188. The van der Waals surface area contributed by atoms with Crippen molar-refractivity contribution < 1.29 is 14.2 Å². The first-order valence-corrected chi connectivity index (χ1v) is 7.32. The number of hydrazone groups is 1. The first-order chi connectivity index (χ1) is 10.7. The number of halogens is 1. The maximum Gasteiger partial charge on any atom is 0.169 e. The lowest BCUT2D eigenvalue weighted by Crippen LogP contribution is -1.97. The molecule has 0 aromatic heterocycles. The van der Waals surface area contributed by atoms with Crippen molar-refractivity contribution in [2.75, 3.05) is 26.8 Å². The van der Waals surface area contributed by atoms with Crippen molar-refractivity contribution >= 4 is 27.8 Å². The fourth-order valence-electron chi connectivity index (χ4n) is 1.90. The number of rotatable bonds is 6. The van der Waals surface area contributed by atoms with Gasteiger partial charge in [0.2, 0.25) is 0 Å². The van der Waals surface area contributed by atoms with E-state index in [1.54, 1.807) is 27.5 Å². The van der Waals surface area contributed by atoms with Crippen LogP contribution in [0.3, 0.4) is 0 Å². The van der Waals surface area contributed by atoms with Crippen LogP contribution >= 0.6 is 15.9 Å². The molecule has 0 aliphatic heterocycles. The van der Waals surface area contributed by atoms with Gasteiger partial charge < -0.3 is 14.2 Å². The van der Waals surface area contributed by atoms with Gasteiger partial charge in [0.15, 0.2) is 11.5 Å². The molecule has 116 valence electrons. The van der Waals surface area contributed by atoms with Crippen molar-refractivity contribution in [1.82, 2.24) is 0 Å². The summed E-state index contributed by atoms with van der Waals surface area (Å²) in [5, 5.41) is 4.22. The lowest BCUT2D eigenvalue weighted by Gasteiger charge is -2.11. The summed E-state index contributed by atoms with van der Waals surface area (Å²) < 4.78 is 16.7. The Morgan fingerprint density at radius 3 is 2.32 bits per heavy atom. The molecule has 0 saturated heterocycles. The Kier molecular flexibility index (Phi) is 5.66. The van der Waals surface area contributed by atoms with Gasteiger partial charge in [-0.2, -0.15) is 5.10 Å². The third kappa shape index (κ3) is 3.92. The summed E-state index contributed by atoms with van der Waals surface area (Å²) in [5.41, 5.74) is 4.61. The predicted molar refractivity (Wildman–Crippen MR) is 91.5 cm³/mol. The molecule has 0 saturated carbocycles. The maximum atomic E-state index is 5.37. The summed E-state index contributed by atoms with van der Waals surface area (Å²) in [6.45, 7) is 0. The standard InChI is InChI=1S/C16H17BrN2O3/c1-20-14-6-4-13(5-7-14)19-18-10-11-8-12(17)9-15(21-2)16(11)22-3/h4-10,19H,1-3H3/b18-10+. The second-order valence-corrected chi connectivity index (χ2v) is 5.24. The molecular weight excluding hydrogens is 348 g/mol. The van der Waals surface area contributed by atoms with Gasteiger partial charge in [-0.05, 0) is 36.4 Å². The summed E-state index contributed by atoms with van der Waals surface area (Å²) in [6.07, 6.45) is 1.68. The van der Waals surface area contributed by atoms with Crippen LogP contribution in [0.4, 0.5) is 5.69 Å². The first-order valence-electron chi connectivity index (χ1n) is 6.52.